The molecule has 1 aliphatic heterocycles. The van der Waals surface area contributed by atoms with Crippen LogP contribution in [0.1, 0.15) is 49.5 Å². The highest BCUT2D eigenvalue weighted by Crippen LogP contribution is 2.22. The van der Waals surface area contributed by atoms with E-state index in [4.69, 9.17) is 5.73 Å². The van der Waals surface area contributed by atoms with Gasteiger partial charge in [0.1, 0.15) is 11.5 Å². The van der Waals surface area contributed by atoms with Gasteiger partial charge in [0.05, 0.1) is 12.4 Å². The lowest BCUT2D eigenvalue weighted by atomic mass is 9.98. The molecule has 98 valence electrons. The summed E-state index contributed by atoms with van der Waals surface area (Å²) in [6, 6.07) is 0.347. The zero-order valence-corrected chi connectivity index (χ0v) is 10.8. The quantitative estimate of drug-likeness (QED) is 0.886. The lowest BCUT2D eigenvalue weighted by molar-refractivity contribution is 0.0594. The van der Waals surface area contributed by atoms with E-state index in [0.29, 0.717) is 17.6 Å². The molecular weight excluding hydrogens is 228 g/mol. The van der Waals surface area contributed by atoms with E-state index in [1.807, 2.05) is 4.90 Å². The number of aromatic nitrogens is 2. The summed E-state index contributed by atoms with van der Waals surface area (Å²) in [5.41, 5.74) is 5.93. The van der Waals surface area contributed by atoms with Gasteiger partial charge in [-0.05, 0) is 25.7 Å². The van der Waals surface area contributed by atoms with E-state index in [0.717, 1.165) is 32.2 Å². The van der Waals surface area contributed by atoms with E-state index < -0.39 is 0 Å². The third-order valence-corrected chi connectivity index (χ3v) is 3.38. The molecule has 0 spiro atoms. The van der Waals surface area contributed by atoms with Gasteiger partial charge in [-0.25, -0.2) is 4.98 Å². The molecule has 2 rings (SSSR count). The molecular formula is C13H20N4O. The Morgan fingerprint density at radius 1 is 1.50 bits per heavy atom. The largest absolute Gasteiger partial charge is 0.382 e. The summed E-state index contributed by atoms with van der Waals surface area (Å²) in [6.07, 6.45) is 8.47. The first kappa shape index (κ1) is 12.8. The Bertz CT molecular complexity index is 419. The molecule has 5 nitrogen and oxygen atoms in total. The van der Waals surface area contributed by atoms with Crippen molar-refractivity contribution in [2.24, 2.45) is 0 Å². The van der Waals surface area contributed by atoms with Crippen LogP contribution in [0.2, 0.25) is 0 Å². The van der Waals surface area contributed by atoms with Crippen LogP contribution in [0.4, 0.5) is 5.82 Å². The molecule has 2 heterocycles. The SMILES string of the molecule is CCCC1CCCCN1C(=O)c1cncc(N)n1. The minimum absolute atomic E-state index is 0.0343. The molecule has 1 amide bonds. The second-order valence-electron chi connectivity index (χ2n) is 4.77. The highest BCUT2D eigenvalue weighted by Gasteiger charge is 2.27. The number of amides is 1. The molecule has 5 heteroatoms. The maximum absolute atomic E-state index is 12.4. The van der Waals surface area contributed by atoms with Gasteiger partial charge in [-0.15, -0.1) is 0 Å². The third kappa shape index (κ3) is 2.78. The number of nitrogen functional groups attached to an aromatic ring is 1. The van der Waals surface area contributed by atoms with Gasteiger partial charge in [-0.1, -0.05) is 13.3 Å². The van der Waals surface area contributed by atoms with Gasteiger partial charge < -0.3 is 10.6 Å². The van der Waals surface area contributed by atoms with Gasteiger partial charge in [0.2, 0.25) is 0 Å². The summed E-state index contributed by atoms with van der Waals surface area (Å²) in [6.45, 7) is 2.97. The van der Waals surface area contributed by atoms with Crippen molar-refractivity contribution in [3.8, 4) is 0 Å². The number of carbonyl (C=O) groups is 1. The topological polar surface area (TPSA) is 72.1 Å². The molecule has 1 unspecified atom stereocenters. The maximum atomic E-state index is 12.4. The number of carbonyl (C=O) groups excluding carboxylic acids is 1. The monoisotopic (exact) mass is 248 g/mol. The van der Waals surface area contributed by atoms with E-state index in [2.05, 4.69) is 16.9 Å². The Labute approximate surface area is 107 Å². The molecule has 1 aromatic heterocycles. The number of rotatable bonds is 3. The maximum Gasteiger partial charge on any atom is 0.274 e. The fourth-order valence-electron chi connectivity index (χ4n) is 2.53. The number of nitrogens with two attached hydrogens (primary N) is 1. The van der Waals surface area contributed by atoms with E-state index >= 15 is 0 Å². The first-order chi connectivity index (χ1) is 8.72. The van der Waals surface area contributed by atoms with E-state index in [1.165, 1.54) is 18.8 Å². The molecule has 1 aliphatic rings. The fraction of sp³-hybridized carbons (Fsp3) is 0.615. The average Bonchev–Trinajstić information content (AvgIpc) is 2.39. The molecule has 0 aliphatic carbocycles. The Kier molecular flexibility index (Phi) is 4.12. The van der Waals surface area contributed by atoms with Crippen LogP contribution in [0, 0.1) is 0 Å². The van der Waals surface area contributed by atoms with Gasteiger partial charge in [0.15, 0.2) is 0 Å². The summed E-state index contributed by atoms with van der Waals surface area (Å²) >= 11 is 0. The van der Waals surface area contributed by atoms with E-state index in [1.54, 1.807) is 0 Å². The number of nitrogens with zero attached hydrogens (tertiary/aromatic N) is 3. The standard InChI is InChI=1S/C13H20N4O/c1-2-5-10-6-3-4-7-17(10)13(18)11-8-15-9-12(14)16-11/h8-10H,2-7H2,1H3,(H2,14,16). The van der Waals surface area contributed by atoms with Crippen LogP contribution in [-0.2, 0) is 0 Å². The zero-order valence-electron chi connectivity index (χ0n) is 10.8. The molecule has 1 saturated heterocycles. The van der Waals surface area contributed by atoms with Gasteiger partial charge in [0, 0.05) is 12.6 Å². The predicted molar refractivity (Wildman–Crippen MR) is 70.0 cm³/mol. The predicted octanol–water partition coefficient (Wildman–Crippen LogP) is 1.85. The van der Waals surface area contributed by atoms with Gasteiger partial charge >= 0.3 is 0 Å². The summed E-state index contributed by atoms with van der Waals surface area (Å²) in [5, 5.41) is 0. The Hall–Kier alpha value is -1.65. The van der Waals surface area contributed by atoms with Crippen molar-refractivity contribution in [2.45, 2.75) is 45.1 Å². The van der Waals surface area contributed by atoms with Gasteiger partial charge in [-0.3, -0.25) is 9.78 Å². The van der Waals surface area contributed by atoms with Crippen molar-refractivity contribution in [1.29, 1.82) is 0 Å². The first-order valence-electron chi connectivity index (χ1n) is 6.61. The van der Waals surface area contributed by atoms with Crippen LogP contribution in [0.25, 0.3) is 0 Å². The highest BCUT2D eigenvalue weighted by atomic mass is 16.2. The summed E-state index contributed by atoms with van der Waals surface area (Å²) < 4.78 is 0. The average molecular weight is 248 g/mol. The lowest BCUT2D eigenvalue weighted by Crippen LogP contribution is -2.44. The lowest BCUT2D eigenvalue weighted by Gasteiger charge is -2.35. The van der Waals surface area contributed by atoms with Crippen molar-refractivity contribution in [3.63, 3.8) is 0 Å². The summed E-state index contributed by atoms with van der Waals surface area (Å²) in [7, 11) is 0. The Balaban J connectivity index is 2.15. The fourth-order valence-corrected chi connectivity index (χ4v) is 2.53. The van der Waals surface area contributed by atoms with Crippen molar-refractivity contribution in [1.82, 2.24) is 14.9 Å². The second-order valence-corrected chi connectivity index (χ2v) is 4.77. The molecule has 0 saturated carbocycles. The summed E-state index contributed by atoms with van der Waals surface area (Å²) in [5.74, 6) is 0.262. The molecule has 18 heavy (non-hydrogen) atoms. The third-order valence-electron chi connectivity index (χ3n) is 3.38. The van der Waals surface area contributed by atoms with Crippen LogP contribution >= 0.6 is 0 Å². The minimum Gasteiger partial charge on any atom is -0.382 e. The number of hydrogen-bond donors (Lipinski definition) is 1. The van der Waals surface area contributed by atoms with Crippen molar-refractivity contribution in [2.75, 3.05) is 12.3 Å². The summed E-state index contributed by atoms with van der Waals surface area (Å²) in [4.78, 5) is 22.3. The van der Waals surface area contributed by atoms with Crippen LogP contribution in [0.15, 0.2) is 12.4 Å². The molecule has 1 atom stereocenters. The van der Waals surface area contributed by atoms with E-state index in [9.17, 15) is 4.79 Å². The number of piperidine rings is 1. The van der Waals surface area contributed by atoms with Crippen LogP contribution in [-0.4, -0.2) is 33.4 Å². The molecule has 0 bridgehead atoms. The molecule has 0 radical (unpaired) electrons. The van der Waals surface area contributed by atoms with Crippen molar-refractivity contribution < 1.29 is 4.79 Å². The van der Waals surface area contributed by atoms with Crippen LogP contribution in [0.3, 0.4) is 0 Å². The van der Waals surface area contributed by atoms with Crippen LogP contribution < -0.4 is 5.73 Å². The Morgan fingerprint density at radius 2 is 2.33 bits per heavy atom. The number of anilines is 1. The molecule has 0 aromatic carbocycles. The Morgan fingerprint density at radius 3 is 3.06 bits per heavy atom. The first-order valence-corrected chi connectivity index (χ1v) is 6.61. The van der Waals surface area contributed by atoms with Gasteiger partial charge in [-0.2, -0.15) is 0 Å². The minimum atomic E-state index is -0.0343. The second kappa shape index (κ2) is 5.80. The normalized spacial score (nSPS) is 19.8. The number of hydrogen-bond acceptors (Lipinski definition) is 4. The van der Waals surface area contributed by atoms with Crippen molar-refractivity contribution >= 4 is 11.7 Å². The molecule has 2 N–H and O–H groups in total. The highest BCUT2D eigenvalue weighted by molar-refractivity contribution is 5.92. The van der Waals surface area contributed by atoms with Crippen LogP contribution in [0.5, 0.6) is 0 Å². The smallest absolute Gasteiger partial charge is 0.274 e. The molecule has 1 aromatic rings. The molecule has 1 fully saturated rings. The van der Waals surface area contributed by atoms with E-state index in [-0.39, 0.29) is 5.91 Å². The zero-order chi connectivity index (χ0) is 13.0. The van der Waals surface area contributed by atoms with Crippen molar-refractivity contribution in [3.05, 3.63) is 18.1 Å². The number of likely N-dealkylation sites (tertiary alicyclic amines) is 1. The van der Waals surface area contributed by atoms with Gasteiger partial charge in [0.25, 0.3) is 5.91 Å².